The summed E-state index contributed by atoms with van der Waals surface area (Å²) in [5.74, 6) is -1.34. The van der Waals surface area contributed by atoms with Crippen molar-refractivity contribution in [1.29, 1.82) is 0 Å². The number of hydrogen-bond donors (Lipinski definition) is 0. The molecule has 0 atom stereocenters. The molecule has 2 rings (SSSR count). The van der Waals surface area contributed by atoms with Crippen molar-refractivity contribution < 1.29 is 13.6 Å². The number of aryl methyl sites for hydroxylation is 2. The van der Waals surface area contributed by atoms with Gasteiger partial charge in [0.1, 0.15) is 11.6 Å². The maximum atomic E-state index is 13.5. The Labute approximate surface area is 114 Å². The Morgan fingerprint density at radius 3 is 2.11 bits per heavy atom. The van der Waals surface area contributed by atoms with Gasteiger partial charge in [-0.3, -0.25) is 4.79 Å². The fraction of sp³-hybridized carbons (Fsp3) is 0.133. The van der Waals surface area contributed by atoms with E-state index in [1.807, 2.05) is 0 Å². The van der Waals surface area contributed by atoms with E-state index in [4.69, 9.17) is 11.6 Å². The largest absolute Gasteiger partial charge is 0.289 e. The fourth-order valence-electron chi connectivity index (χ4n) is 1.88. The van der Waals surface area contributed by atoms with E-state index in [0.717, 1.165) is 6.07 Å². The highest BCUT2D eigenvalue weighted by molar-refractivity contribution is 6.30. The number of carbonyl (C=O) groups is 1. The molecule has 0 aliphatic rings. The third-order valence-corrected chi connectivity index (χ3v) is 3.19. The second-order valence-electron chi connectivity index (χ2n) is 4.38. The summed E-state index contributed by atoms with van der Waals surface area (Å²) in [6, 6.07) is 6.77. The van der Waals surface area contributed by atoms with Crippen LogP contribution in [0.15, 0.2) is 30.3 Å². The fourth-order valence-corrected chi connectivity index (χ4v) is 2.00. The Morgan fingerprint density at radius 2 is 1.58 bits per heavy atom. The molecule has 0 bridgehead atoms. The minimum atomic E-state index is -0.650. The van der Waals surface area contributed by atoms with Crippen molar-refractivity contribution in [2.75, 3.05) is 0 Å². The molecule has 0 radical (unpaired) electrons. The van der Waals surface area contributed by atoms with Crippen molar-refractivity contribution in [1.82, 2.24) is 0 Å². The van der Waals surface area contributed by atoms with Crippen molar-refractivity contribution in [2.45, 2.75) is 13.8 Å². The zero-order chi connectivity index (χ0) is 14.2. The average Bonchev–Trinajstić information content (AvgIpc) is 2.37. The van der Waals surface area contributed by atoms with Gasteiger partial charge in [0.25, 0.3) is 0 Å². The van der Waals surface area contributed by atoms with Gasteiger partial charge in [-0.05, 0) is 55.3 Å². The highest BCUT2D eigenvalue weighted by atomic mass is 35.5. The van der Waals surface area contributed by atoms with Crippen molar-refractivity contribution in [3.05, 3.63) is 69.2 Å². The lowest BCUT2D eigenvalue weighted by Gasteiger charge is -2.07. The van der Waals surface area contributed by atoms with Gasteiger partial charge in [0.05, 0.1) is 5.02 Å². The van der Waals surface area contributed by atoms with Crippen LogP contribution >= 0.6 is 11.6 Å². The predicted molar refractivity (Wildman–Crippen MR) is 70.7 cm³/mol. The quantitative estimate of drug-likeness (QED) is 0.742. The summed E-state index contributed by atoms with van der Waals surface area (Å²) in [4.78, 5) is 12.2. The van der Waals surface area contributed by atoms with Crippen molar-refractivity contribution in [3.63, 3.8) is 0 Å². The predicted octanol–water partition coefficient (Wildman–Crippen LogP) is 4.47. The smallest absolute Gasteiger partial charge is 0.193 e. The molecule has 0 aliphatic carbocycles. The van der Waals surface area contributed by atoms with Gasteiger partial charge in [0, 0.05) is 11.1 Å². The van der Waals surface area contributed by atoms with Gasteiger partial charge in [0.2, 0.25) is 0 Å². The molecule has 2 aromatic carbocycles. The van der Waals surface area contributed by atoms with E-state index in [1.165, 1.54) is 24.3 Å². The second kappa shape index (κ2) is 5.10. The van der Waals surface area contributed by atoms with Crippen LogP contribution in [0.3, 0.4) is 0 Å². The first-order chi connectivity index (χ1) is 8.90. The third kappa shape index (κ3) is 2.66. The number of hydrogen-bond acceptors (Lipinski definition) is 1. The van der Waals surface area contributed by atoms with Gasteiger partial charge in [-0.1, -0.05) is 11.6 Å². The third-order valence-electron chi connectivity index (χ3n) is 2.88. The first kappa shape index (κ1) is 13.7. The van der Waals surface area contributed by atoms with Crippen LogP contribution < -0.4 is 0 Å². The SMILES string of the molecule is Cc1cc(C(=O)c2ccc(Cl)c(F)c2)cc(C)c1F. The summed E-state index contributed by atoms with van der Waals surface area (Å²) in [5.41, 5.74) is 1.29. The molecule has 0 aliphatic heterocycles. The Kier molecular flexibility index (Phi) is 3.67. The zero-order valence-corrected chi connectivity index (χ0v) is 11.2. The Hall–Kier alpha value is -1.74. The Bertz CT molecular complexity index is 642. The van der Waals surface area contributed by atoms with E-state index >= 15 is 0 Å². The van der Waals surface area contributed by atoms with E-state index in [9.17, 15) is 13.6 Å². The molecular weight excluding hydrogens is 270 g/mol. The minimum absolute atomic E-state index is 0.0389. The standard InChI is InChI=1S/C15H11ClF2O/c1-8-5-11(6-9(2)14(8)18)15(19)10-3-4-12(16)13(17)7-10/h3-7H,1-2H3. The molecule has 0 aromatic heterocycles. The lowest BCUT2D eigenvalue weighted by molar-refractivity contribution is 0.103. The van der Waals surface area contributed by atoms with Gasteiger partial charge in [-0.15, -0.1) is 0 Å². The van der Waals surface area contributed by atoms with Gasteiger partial charge in [-0.25, -0.2) is 8.78 Å². The molecule has 98 valence electrons. The van der Waals surface area contributed by atoms with Crippen LogP contribution in [0.25, 0.3) is 0 Å². The molecule has 0 N–H and O–H groups in total. The molecule has 0 saturated carbocycles. The monoisotopic (exact) mass is 280 g/mol. The number of carbonyl (C=O) groups excluding carboxylic acids is 1. The van der Waals surface area contributed by atoms with Crippen LogP contribution in [0.5, 0.6) is 0 Å². The Morgan fingerprint density at radius 1 is 1.00 bits per heavy atom. The number of ketones is 1. The van der Waals surface area contributed by atoms with Gasteiger partial charge >= 0.3 is 0 Å². The number of halogens is 3. The van der Waals surface area contributed by atoms with E-state index < -0.39 is 5.82 Å². The lowest BCUT2D eigenvalue weighted by Crippen LogP contribution is -2.04. The molecule has 2 aromatic rings. The van der Waals surface area contributed by atoms with Crippen LogP contribution in [-0.4, -0.2) is 5.78 Å². The van der Waals surface area contributed by atoms with Gasteiger partial charge < -0.3 is 0 Å². The Balaban J connectivity index is 2.47. The van der Waals surface area contributed by atoms with Gasteiger partial charge in [0.15, 0.2) is 5.78 Å². The molecule has 0 spiro atoms. The van der Waals surface area contributed by atoms with Crippen LogP contribution in [0, 0.1) is 25.5 Å². The maximum Gasteiger partial charge on any atom is 0.193 e. The van der Waals surface area contributed by atoms with Gasteiger partial charge in [-0.2, -0.15) is 0 Å². The zero-order valence-electron chi connectivity index (χ0n) is 10.4. The summed E-state index contributed by atoms with van der Waals surface area (Å²) in [6.45, 7) is 3.17. The van der Waals surface area contributed by atoms with Crippen molar-refractivity contribution >= 4 is 17.4 Å². The van der Waals surface area contributed by atoms with Crippen LogP contribution in [0.4, 0.5) is 8.78 Å². The molecule has 0 heterocycles. The van der Waals surface area contributed by atoms with Crippen LogP contribution in [0.2, 0.25) is 5.02 Å². The van der Waals surface area contributed by atoms with E-state index in [0.29, 0.717) is 16.7 Å². The second-order valence-corrected chi connectivity index (χ2v) is 4.79. The molecule has 0 amide bonds. The molecule has 4 heteroatoms. The first-order valence-electron chi connectivity index (χ1n) is 5.66. The summed E-state index contributed by atoms with van der Waals surface area (Å²) >= 11 is 5.57. The highest BCUT2D eigenvalue weighted by Crippen LogP contribution is 2.20. The maximum absolute atomic E-state index is 13.5. The topological polar surface area (TPSA) is 17.1 Å². The average molecular weight is 281 g/mol. The van der Waals surface area contributed by atoms with E-state index in [2.05, 4.69) is 0 Å². The normalized spacial score (nSPS) is 10.6. The number of rotatable bonds is 2. The summed E-state index contributed by atoms with van der Waals surface area (Å²) in [5, 5.41) is -0.0389. The molecular formula is C15H11ClF2O. The van der Waals surface area contributed by atoms with Crippen molar-refractivity contribution in [3.8, 4) is 0 Å². The molecule has 19 heavy (non-hydrogen) atoms. The molecule has 0 saturated heterocycles. The first-order valence-corrected chi connectivity index (χ1v) is 6.04. The van der Waals surface area contributed by atoms with E-state index in [1.54, 1.807) is 13.8 Å². The van der Waals surface area contributed by atoms with Crippen molar-refractivity contribution in [2.24, 2.45) is 0 Å². The van der Waals surface area contributed by atoms with E-state index in [-0.39, 0.29) is 22.2 Å². The minimum Gasteiger partial charge on any atom is -0.289 e. The molecule has 1 nitrogen and oxygen atoms in total. The lowest BCUT2D eigenvalue weighted by atomic mass is 9.99. The highest BCUT2D eigenvalue weighted by Gasteiger charge is 2.14. The summed E-state index contributed by atoms with van der Waals surface area (Å²) < 4.78 is 26.8. The summed E-state index contributed by atoms with van der Waals surface area (Å²) in [7, 11) is 0. The van der Waals surface area contributed by atoms with Crippen LogP contribution in [-0.2, 0) is 0 Å². The summed E-state index contributed by atoms with van der Waals surface area (Å²) in [6.07, 6.45) is 0. The number of benzene rings is 2. The molecule has 0 unspecified atom stereocenters. The van der Waals surface area contributed by atoms with Crippen LogP contribution in [0.1, 0.15) is 27.0 Å². The molecule has 0 fully saturated rings.